The second-order valence-electron chi connectivity index (χ2n) is 4.80. The molecular formula is C15H10BrClFNO2S. The van der Waals surface area contributed by atoms with E-state index >= 15 is 0 Å². The van der Waals surface area contributed by atoms with Crippen LogP contribution in [0.2, 0.25) is 5.02 Å². The zero-order valence-corrected chi connectivity index (χ0v) is 14.3. The third-order valence-electron chi connectivity index (χ3n) is 3.31. The normalized spacial score (nSPS) is 13.7. The molecule has 0 bridgehead atoms. The van der Waals surface area contributed by atoms with E-state index in [0.29, 0.717) is 21.5 Å². The van der Waals surface area contributed by atoms with Crippen molar-refractivity contribution in [2.24, 2.45) is 0 Å². The van der Waals surface area contributed by atoms with Crippen molar-refractivity contribution in [2.75, 3.05) is 4.72 Å². The minimum absolute atomic E-state index is 0.0912. The van der Waals surface area contributed by atoms with Crippen LogP contribution in [-0.4, -0.2) is 8.42 Å². The summed E-state index contributed by atoms with van der Waals surface area (Å²) in [5.41, 5.74) is 1.34. The first-order chi connectivity index (χ1) is 10.4. The van der Waals surface area contributed by atoms with E-state index < -0.39 is 15.8 Å². The molecule has 114 valence electrons. The van der Waals surface area contributed by atoms with Crippen LogP contribution >= 0.6 is 27.5 Å². The van der Waals surface area contributed by atoms with E-state index in [2.05, 4.69) is 20.7 Å². The molecule has 2 aromatic rings. The van der Waals surface area contributed by atoms with Gasteiger partial charge in [0.1, 0.15) is 5.82 Å². The molecule has 3 rings (SSSR count). The number of benzene rings is 2. The van der Waals surface area contributed by atoms with Gasteiger partial charge in [-0.25, -0.2) is 12.8 Å². The molecule has 0 aromatic heterocycles. The van der Waals surface area contributed by atoms with Gasteiger partial charge in [-0.15, -0.1) is 0 Å². The van der Waals surface area contributed by atoms with Crippen LogP contribution in [-0.2, 0) is 16.4 Å². The van der Waals surface area contributed by atoms with Crippen molar-refractivity contribution in [3.05, 3.63) is 68.9 Å². The Hall–Kier alpha value is -1.37. The molecule has 0 unspecified atom stereocenters. The molecule has 7 heteroatoms. The summed E-state index contributed by atoms with van der Waals surface area (Å²) in [6, 6.07) is 9.17. The smallest absolute Gasteiger partial charge is 0.262 e. The first-order valence-corrected chi connectivity index (χ1v) is 8.99. The highest BCUT2D eigenvalue weighted by Gasteiger charge is 2.26. The third kappa shape index (κ3) is 2.91. The van der Waals surface area contributed by atoms with E-state index in [1.165, 1.54) is 12.1 Å². The van der Waals surface area contributed by atoms with Gasteiger partial charge >= 0.3 is 0 Å². The molecule has 0 heterocycles. The molecule has 0 radical (unpaired) electrons. The van der Waals surface area contributed by atoms with E-state index in [4.69, 9.17) is 11.6 Å². The zero-order chi connectivity index (χ0) is 15.9. The molecule has 2 aromatic carbocycles. The average molecular weight is 403 g/mol. The number of allylic oxidation sites excluding steroid dienone is 1. The predicted octanol–water partition coefficient (Wildman–Crippen LogP) is 4.58. The van der Waals surface area contributed by atoms with Crippen molar-refractivity contribution in [3.63, 3.8) is 0 Å². The van der Waals surface area contributed by atoms with Crippen LogP contribution in [0.25, 0.3) is 4.91 Å². The minimum atomic E-state index is -3.86. The first-order valence-electron chi connectivity index (χ1n) is 6.34. The lowest BCUT2D eigenvalue weighted by Gasteiger charge is -2.11. The van der Waals surface area contributed by atoms with Gasteiger partial charge in [0, 0.05) is 9.50 Å². The minimum Gasteiger partial charge on any atom is -0.277 e. The maximum Gasteiger partial charge on any atom is 0.262 e. The van der Waals surface area contributed by atoms with Gasteiger partial charge in [-0.1, -0.05) is 39.7 Å². The summed E-state index contributed by atoms with van der Waals surface area (Å²) in [6.45, 7) is 0. The van der Waals surface area contributed by atoms with Crippen LogP contribution in [0.5, 0.6) is 0 Å². The van der Waals surface area contributed by atoms with E-state index in [0.717, 1.165) is 5.56 Å². The molecule has 3 nitrogen and oxygen atoms in total. The molecule has 0 fully saturated rings. The van der Waals surface area contributed by atoms with Crippen LogP contribution in [0.1, 0.15) is 11.1 Å². The Bertz CT molecular complexity index is 896. The monoisotopic (exact) mass is 401 g/mol. The molecule has 0 saturated carbocycles. The highest BCUT2D eigenvalue weighted by atomic mass is 79.9. The maximum atomic E-state index is 13.8. The fourth-order valence-electron chi connectivity index (χ4n) is 2.31. The summed E-state index contributed by atoms with van der Waals surface area (Å²) in [7, 11) is -3.86. The van der Waals surface area contributed by atoms with Crippen LogP contribution in [0.4, 0.5) is 10.1 Å². The second kappa shape index (κ2) is 5.68. The maximum absolute atomic E-state index is 13.8. The van der Waals surface area contributed by atoms with Gasteiger partial charge in [-0.3, -0.25) is 4.72 Å². The number of sulfonamides is 1. The highest BCUT2D eigenvalue weighted by molar-refractivity contribution is 9.10. The Labute approximate surface area is 141 Å². The Balaban J connectivity index is 1.96. The van der Waals surface area contributed by atoms with Crippen LogP contribution in [0.3, 0.4) is 0 Å². The van der Waals surface area contributed by atoms with E-state index in [-0.39, 0.29) is 10.6 Å². The van der Waals surface area contributed by atoms with Crippen molar-refractivity contribution in [2.45, 2.75) is 6.42 Å². The SMILES string of the molecule is O=S(=O)(Nc1ccc(Br)cc1F)C1=CCc2cc(Cl)ccc21. The second-order valence-corrected chi connectivity index (χ2v) is 7.81. The summed E-state index contributed by atoms with van der Waals surface area (Å²) >= 11 is 9.04. The van der Waals surface area contributed by atoms with Gasteiger partial charge in [0.2, 0.25) is 0 Å². The van der Waals surface area contributed by atoms with Gasteiger partial charge in [0.15, 0.2) is 0 Å². The van der Waals surface area contributed by atoms with Gasteiger partial charge in [0.05, 0.1) is 10.6 Å². The van der Waals surface area contributed by atoms with E-state index in [1.807, 2.05) is 0 Å². The summed E-state index contributed by atoms with van der Waals surface area (Å²) in [5.74, 6) is -0.645. The Morgan fingerprint density at radius 2 is 1.95 bits per heavy atom. The number of halogens is 3. The summed E-state index contributed by atoms with van der Waals surface area (Å²) in [5, 5.41) is 0.553. The third-order valence-corrected chi connectivity index (χ3v) is 5.49. The number of hydrogen-bond acceptors (Lipinski definition) is 2. The zero-order valence-electron chi connectivity index (χ0n) is 11.1. The molecule has 1 N–H and O–H groups in total. The summed E-state index contributed by atoms with van der Waals surface area (Å²) in [4.78, 5) is 0.140. The number of fused-ring (bicyclic) bond motifs is 1. The van der Waals surface area contributed by atoms with Crippen molar-refractivity contribution >= 4 is 48.1 Å². The van der Waals surface area contributed by atoms with Gasteiger partial charge in [0.25, 0.3) is 10.0 Å². The van der Waals surface area contributed by atoms with E-state index in [1.54, 1.807) is 30.3 Å². The number of nitrogens with one attached hydrogen (secondary N) is 1. The molecule has 1 aliphatic rings. The lowest BCUT2D eigenvalue weighted by Crippen LogP contribution is -2.14. The molecule has 0 saturated heterocycles. The molecule has 22 heavy (non-hydrogen) atoms. The Kier molecular flexibility index (Phi) is 4.01. The molecular weight excluding hydrogens is 393 g/mol. The number of anilines is 1. The highest BCUT2D eigenvalue weighted by Crippen LogP contribution is 2.34. The van der Waals surface area contributed by atoms with E-state index in [9.17, 15) is 12.8 Å². The molecule has 0 amide bonds. The predicted molar refractivity (Wildman–Crippen MR) is 89.8 cm³/mol. The Morgan fingerprint density at radius 3 is 2.68 bits per heavy atom. The number of rotatable bonds is 3. The number of hydrogen-bond donors (Lipinski definition) is 1. The van der Waals surface area contributed by atoms with Gasteiger partial charge in [-0.05, 0) is 47.9 Å². The standard InChI is InChI=1S/C15H10BrClFNO2S/c16-10-2-5-14(13(18)8-10)19-22(20,21)15-6-1-9-7-11(17)3-4-12(9)15/h2-8,19H,1H2. The Morgan fingerprint density at radius 1 is 1.18 bits per heavy atom. The average Bonchev–Trinajstić information content (AvgIpc) is 2.85. The van der Waals surface area contributed by atoms with Crippen LogP contribution in [0.15, 0.2) is 46.9 Å². The molecule has 0 aliphatic heterocycles. The fourth-order valence-corrected chi connectivity index (χ4v) is 4.19. The van der Waals surface area contributed by atoms with Crippen LogP contribution in [0, 0.1) is 5.82 Å². The first kappa shape index (κ1) is 15.5. The van der Waals surface area contributed by atoms with Crippen molar-refractivity contribution in [1.82, 2.24) is 0 Å². The lowest BCUT2D eigenvalue weighted by molar-refractivity contribution is 0.607. The van der Waals surface area contributed by atoms with Gasteiger partial charge in [-0.2, -0.15) is 0 Å². The summed E-state index contributed by atoms with van der Waals surface area (Å²) in [6.07, 6.45) is 2.08. The largest absolute Gasteiger partial charge is 0.277 e. The summed E-state index contributed by atoms with van der Waals surface area (Å²) < 4.78 is 41.6. The molecule has 0 atom stereocenters. The quantitative estimate of drug-likeness (QED) is 0.817. The lowest BCUT2D eigenvalue weighted by atomic mass is 10.1. The van der Waals surface area contributed by atoms with Crippen LogP contribution < -0.4 is 4.72 Å². The van der Waals surface area contributed by atoms with Crippen molar-refractivity contribution in [3.8, 4) is 0 Å². The molecule has 1 aliphatic carbocycles. The van der Waals surface area contributed by atoms with Crippen molar-refractivity contribution in [1.29, 1.82) is 0 Å². The van der Waals surface area contributed by atoms with Crippen molar-refractivity contribution < 1.29 is 12.8 Å². The van der Waals surface area contributed by atoms with Gasteiger partial charge < -0.3 is 0 Å². The fraction of sp³-hybridized carbons (Fsp3) is 0.0667. The topological polar surface area (TPSA) is 46.2 Å². The molecule has 0 spiro atoms.